The first-order valence-corrected chi connectivity index (χ1v) is 8.58. The largest absolute Gasteiger partial charge is 0.381 e. The zero-order valence-electron chi connectivity index (χ0n) is 12.6. The summed E-state index contributed by atoms with van der Waals surface area (Å²) in [6.45, 7) is 6.79. The monoisotopic (exact) mass is 288 g/mol. The summed E-state index contributed by atoms with van der Waals surface area (Å²) in [6.07, 6.45) is 3.83. The van der Waals surface area contributed by atoms with Crippen molar-refractivity contribution in [2.75, 3.05) is 11.1 Å². The van der Waals surface area contributed by atoms with Crippen molar-refractivity contribution in [1.29, 1.82) is 5.26 Å². The lowest BCUT2D eigenvalue weighted by atomic mass is 9.78. The van der Waals surface area contributed by atoms with E-state index in [1.807, 2.05) is 12.1 Å². The van der Waals surface area contributed by atoms with Crippen LogP contribution in [0.1, 0.15) is 45.6 Å². The van der Waals surface area contributed by atoms with Crippen molar-refractivity contribution in [3.05, 3.63) is 23.8 Å². The standard InChI is InChI=1S/C17H24N2S/c1-4-20-17-10-6-9-16(14(17)11-18)19-15-8-5-7-12(2)13(15)3/h6,9-10,12-13,15,19H,4-5,7-8H2,1-3H3. The van der Waals surface area contributed by atoms with Crippen LogP contribution < -0.4 is 5.32 Å². The molecule has 0 bridgehead atoms. The number of anilines is 1. The van der Waals surface area contributed by atoms with Crippen molar-refractivity contribution in [1.82, 2.24) is 0 Å². The molecule has 3 heteroatoms. The summed E-state index contributed by atoms with van der Waals surface area (Å²) < 4.78 is 0. The molecule has 1 N–H and O–H groups in total. The van der Waals surface area contributed by atoms with Crippen LogP contribution in [0.25, 0.3) is 0 Å². The molecule has 0 amide bonds. The molecule has 1 fully saturated rings. The van der Waals surface area contributed by atoms with Gasteiger partial charge in [-0.1, -0.05) is 39.7 Å². The van der Waals surface area contributed by atoms with Crippen LogP contribution in [-0.4, -0.2) is 11.8 Å². The molecule has 1 aromatic rings. The number of thioether (sulfide) groups is 1. The first kappa shape index (κ1) is 15.3. The molecular weight excluding hydrogens is 264 g/mol. The van der Waals surface area contributed by atoms with Crippen LogP contribution in [0.15, 0.2) is 23.1 Å². The van der Waals surface area contributed by atoms with Gasteiger partial charge in [-0.05, 0) is 36.1 Å². The zero-order valence-corrected chi connectivity index (χ0v) is 13.5. The Morgan fingerprint density at radius 3 is 2.85 bits per heavy atom. The molecule has 108 valence electrons. The summed E-state index contributed by atoms with van der Waals surface area (Å²) in [5, 5.41) is 13.1. The summed E-state index contributed by atoms with van der Waals surface area (Å²) in [5.74, 6) is 2.42. The van der Waals surface area contributed by atoms with E-state index in [-0.39, 0.29) is 0 Å². The third-order valence-electron chi connectivity index (χ3n) is 4.49. The highest BCUT2D eigenvalue weighted by atomic mass is 32.2. The van der Waals surface area contributed by atoms with Gasteiger partial charge in [0.25, 0.3) is 0 Å². The van der Waals surface area contributed by atoms with E-state index < -0.39 is 0 Å². The molecule has 0 spiro atoms. The van der Waals surface area contributed by atoms with Crippen molar-refractivity contribution in [3.63, 3.8) is 0 Å². The van der Waals surface area contributed by atoms with E-state index in [4.69, 9.17) is 0 Å². The number of nitrogens with zero attached hydrogens (tertiary/aromatic N) is 1. The van der Waals surface area contributed by atoms with Crippen LogP contribution in [0.4, 0.5) is 5.69 Å². The number of rotatable bonds is 4. The van der Waals surface area contributed by atoms with Crippen molar-refractivity contribution < 1.29 is 0 Å². The fourth-order valence-electron chi connectivity index (χ4n) is 3.03. The molecular formula is C17H24N2S. The minimum atomic E-state index is 0.493. The van der Waals surface area contributed by atoms with Gasteiger partial charge in [-0.3, -0.25) is 0 Å². The maximum atomic E-state index is 9.47. The van der Waals surface area contributed by atoms with Gasteiger partial charge >= 0.3 is 0 Å². The second-order valence-corrected chi connectivity index (χ2v) is 7.05. The van der Waals surface area contributed by atoms with Gasteiger partial charge < -0.3 is 5.32 Å². The minimum Gasteiger partial charge on any atom is -0.381 e. The molecule has 1 aliphatic carbocycles. The van der Waals surface area contributed by atoms with Crippen LogP contribution in [0, 0.1) is 23.2 Å². The van der Waals surface area contributed by atoms with E-state index in [2.05, 4.69) is 38.2 Å². The van der Waals surface area contributed by atoms with Crippen LogP contribution in [0.5, 0.6) is 0 Å². The molecule has 2 rings (SSSR count). The molecule has 20 heavy (non-hydrogen) atoms. The van der Waals surface area contributed by atoms with Crippen molar-refractivity contribution in [2.45, 2.75) is 51.0 Å². The quantitative estimate of drug-likeness (QED) is 0.800. The Hall–Kier alpha value is -1.14. The number of hydrogen-bond donors (Lipinski definition) is 1. The first-order chi connectivity index (χ1) is 9.67. The Balaban J connectivity index is 2.20. The minimum absolute atomic E-state index is 0.493. The Morgan fingerprint density at radius 2 is 2.15 bits per heavy atom. The van der Waals surface area contributed by atoms with Crippen molar-refractivity contribution in [3.8, 4) is 6.07 Å². The lowest BCUT2D eigenvalue weighted by molar-refractivity contribution is 0.253. The number of hydrogen-bond acceptors (Lipinski definition) is 3. The lowest BCUT2D eigenvalue weighted by Gasteiger charge is -2.35. The number of nitrogens with one attached hydrogen (secondary N) is 1. The van der Waals surface area contributed by atoms with Gasteiger partial charge in [-0.15, -0.1) is 11.8 Å². The molecule has 3 unspecified atom stereocenters. The fraction of sp³-hybridized carbons (Fsp3) is 0.588. The molecule has 1 aliphatic rings. The highest BCUT2D eigenvalue weighted by molar-refractivity contribution is 7.99. The van der Waals surface area contributed by atoms with E-state index in [9.17, 15) is 5.26 Å². The Labute approximate surface area is 127 Å². The predicted octanol–water partition coefficient (Wildman–Crippen LogP) is 4.91. The summed E-state index contributed by atoms with van der Waals surface area (Å²) in [4.78, 5) is 1.09. The molecule has 0 radical (unpaired) electrons. The Kier molecular flexibility index (Phi) is 5.37. The van der Waals surface area contributed by atoms with Gasteiger partial charge in [0.05, 0.1) is 11.3 Å². The van der Waals surface area contributed by atoms with Crippen LogP contribution >= 0.6 is 11.8 Å². The molecule has 0 saturated heterocycles. The number of nitriles is 1. The van der Waals surface area contributed by atoms with Gasteiger partial charge in [0.15, 0.2) is 0 Å². The van der Waals surface area contributed by atoms with Gasteiger partial charge in [-0.2, -0.15) is 5.26 Å². The van der Waals surface area contributed by atoms with Crippen LogP contribution in [-0.2, 0) is 0 Å². The third kappa shape index (κ3) is 3.30. The van der Waals surface area contributed by atoms with Crippen molar-refractivity contribution >= 4 is 17.4 Å². The first-order valence-electron chi connectivity index (χ1n) is 7.59. The van der Waals surface area contributed by atoms with Gasteiger partial charge in [0.2, 0.25) is 0 Å². The summed E-state index contributed by atoms with van der Waals surface area (Å²) >= 11 is 1.74. The SMILES string of the molecule is CCSc1cccc(NC2CCCC(C)C2C)c1C#N. The van der Waals surface area contributed by atoms with E-state index in [0.29, 0.717) is 12.0 Å². The van der Waals surface area contributed by atoms with E-state index in [0.717, 1.165) is 27.8 Å². The number of benzene rings is 1. The highest BCUT2D eigenvalue weighted by Crippen LogP contribution is 2.34. The highest BCUT2D eigenvalue weighted by Gasteiger charge is 2.27. The Bertz CT molecular complexity index is 492. The van der Waals surface area contributed by atoms with Crippen molar-refractivity contribution in [2.24, 2.45) is 11.8 Å². The van der Waals surface area contributed by atoms with Crippen LogP contribution in [0.2, 0.25) is 0 Å². The second-order valence-electron chi connectivity index (χ2n) is 5.74. The summed E-state index contributed by atoms with van der Waals surface area (Å²) in [5.41, 5.74) is 1.82. The predicted molar refractivity (Wildman–Crippen MR) is 87.1 cm³/mol. The van der Waals surface area contributed by atoms with E-state index in [1.165, 1.54) is 19.3 Å². The normalized spacial score (nSPS) is 26.0. The molecule has 3 atom stereocenters. The van der Waals surface area contributed by atoms with Gasteiger partial charge in [0.1, 0.15) is 6.07 Å². The Morgan fingerprint density at radius 1 is 1.35 bits per heavy atom. The second kappa shape index (κ2) is 7.04. The molecule has 0 aromatic heterocycles. The topological polar surface area (TPSA) is 35.8 Å². The van der Waals surface area contributed by atoms with E-state index in [1.54, 1.807) is 11.8 Å². The third-order valence-corrected chi connectivity index (χ3v) is 5.43. The van der Waals surface area contributed by atoms with Gasteiger partial charge in [0, 0.05) is 10.9 Å². The molecule has 1 saturated carbocycles. The fourth-order valence-corrected chi connectivity index (χ4v) is 3.81. The molecule has 1 aromatic carbocycles. The zero-order chi connectivity index (χ0) is 14.5. The maximum Gasteiger partial charge on any atom is 0.102 e. The van der Waals surface area contributed by atoms with Crippen LogP contribution in [0.3, 0.4) is 0 Å². The summed E-state index contributed by atoms with van der Waals surface area (Å²) in [6, 6.07) is 9.02. The molecule has 0 aliphatic heterocycles. The molecule has 0 heterocycles. The maximum absolute atomic E-state index is 9.47. The smallest absolute Gasteiger partial charge is 0.102 e. The van der Waals surface area contributed by atoms with E-state index >= 15 is 0 Å². The summed E-state index contributed by atoms with van der Waals surface area (Å²) in [7, 11) is 0. The van der Waals surface area contributed by atoms with Gasteiger partial charge in [-0.25, -0.2) is 0 Å². The average molecular weight is 288 g/mol. The lowest BCUT2D eigenvalue weighted by Crippen LogP contribution is -2.35. The molecule has 2 nitrogen and oxygen atoms in total. The average Bonchev–Trinajstić information content (AvgIpc) is 2.44.